The van der Waals surface area contributed by atoms with Gasteiger partial charge in [0.05, 0.1) is 47.5 Å². The van der Waals surface area contributed by atoms with Crippen molar-refractivity contribution in [2.45, 2.75) is 25.6 Å². The minimum absolute atomic E-state index is 0.118. The molecule has 0 spiro atoms. The number of esters is 2. The minimum atomic E-state index is -0.764. The van der Waals surface area contributed by atoms with E-state index in [0.717, 1.165) is 10.7 Å². The molecule has 9 nitrogen and oxygen atoms in total. The van der Waals surface area contributed by atoms with Gasteiger partial charge in [-0.2, -0.15) is 0 Å². The number of aryl methyl sites for hydroxylation is 1. The molecule has 0 fully saturated rings. The highest BCUT2D eigenvalue weighted by Gasteiger charge is 2.34. The number of urea groups is 1. The van der Waals surface area contributed by atoms with Gasteiger partial charge in [0.15, 0.2) is 0 Å². The molecule has 1 aromatic carbocycles. The van der Waals surface area contributed by atoms with Crippen LogP contribution >= 0.6 is 23.1 Å². The Kier molecular flexibility index (Phi) is 8.72. The molecule has 11 heteroatoms. The first-order chi connectivity index (χ1) is 15.9. The molecule has 2 aromatic rings. The lowest BCUT2D eigenvalue weighted by atomic mass is 9.95. The quantitative estimate of drug-likeness (QED) is 0.487. The van der Waals surface area contributed by atoms with E-state index < -0.39 is 24.0 Å². The third kappa shape index (κ3) is 6.72. The van der Waals surface area contributed by atoms with Gasteiger partial charge in [-0.1, -0.05) is 12.1 Å². The highest BCUT2D eigenvalue weighted by Crippen LogP contribution is 2.29. The van der Waals surface area contributed by atoms with Gasteiger partial charge in [0, 0.05) is 11.1 Å². The topological polar surface area (TPSA) is 116 Å². The Bertz CT molecular complexity index is 1040. The Morgan fingerprint density at radius 3 is 2.61 bits per heavy atom. The zero-order valence-corrected chi connectivity index (χ0v) is 20.1. The SMILES string of the molecule is CCOC(=O)C1=C(COC(=O)CSCc2csc(C)n2)NC(=O)N[C@H]1c1ccc(OC)cc1. The maximum atomic E-state index is 12.8. The predicted molar refractivity (Wildman–Crippen MR) is 125 cm³/mol. The lowest BCUT2D eigenvalue weighted by molar-refractivity contribution is -0.141. The van der Waals surface area contributed by atoms with Crippen LogP contribution in [0.2, 0.25) is 0 Å². The smallest absolute Gasteiger partial charge is 0.338 e. The van der Waals surface area contributed by atoms with Gasteiger partial charge in [-0.3, -0.25) is 4.79 Å². The van der Waals surface area contributed by atoms with Crippen molar-refractivity contribution in [3.63, 3.8) is 0 Å². The Balaban J connectivity index is 1.72. The molecule has 0 saturated carbocycles. The van der Waals surface area contributed by atoms with Crippen molar-refractivity contribution >= 4 is 41.1 Å². The van der Waals surface area contributed by atoms with Crippen molar-refractivity contribution in [1.82, 2.24) is 15.6 Å². The summed E-state index contributed by atoms with van der Waals surface area (Å²) in [7, 11) is 1.55. The average Bonchev–Trinajstić information content (AvgIpc) is 3.22. The number of nitrogens with zero attached hydrogens (tertiary/aromatic N) is 1. The van der Waals surface area contributed by atoms with E-state index in [1.165, 1.54) is 11.8 Å². The van der Waals surface area contributed by atoms with Gasteiger partial charge in [-0.15, -0.1) is 23.1 Å². The summed E-state index contributed by atoms with van der Waals surface area (Å²) in [5.74, 6) is 0.282. The average molecular weight is 492 g/mol. The molecule has 1 aromatic heterocycles. The molecule has 1 aliphatic rings. The van der Waals surface area contributed by atoms with E-state index >= 15 is 0 Å². The molecule has 1 atom stereocenters. The third-order valence-electron chi connectivity index (χ3n) is 4.61. The monoisotopic (exact) mass is 491 g/mol. The summed E-state index contributed by atoms with van der Waals surface area (Å²) in [6.45, 7) is 3.51. The first-order valence-corrected chi connectivity index (χ1v) is 12.2. The minimum Gasteiger partial charge on any atom is -0.497 e. The first kappa shape index (κ1) is 24.6. The van der Waals surface area contributed by atoms with Crippen molar-refractivity contribution in [2.75, 3.05) is 26.1 Å². The number of nitrogens with one attached hydrogen (secondary N) is 2. The van der Waals surface area contributed by atoms with Crippen molar-refractivity contribution in [3.05, 3.63) is 57.2 Å². The largest absolute Gasteiger partial charge is 0.497 e. The third-order valence-corrected chi connectivity index (χ3v) is 6.37. The predicted octanol–water partition coefficient (Wildman–Crippen LogP) is 3.11. The second-order valence-corrected chi connectivity index (χ2v) is 8.98. The zero-order chi connectivity index (χ0) is 23.8. The van der Waals surface area contributed by atoms with Crippen molar-refractivity contribution < 1.29 is 28.6 Å². The molecule has 2 amide bonds. The molecule has 3 rings (SSSR count). The van der Waals surface area contributed by atoms with Gasteiger partial charge in [-0.05, 0) is 31.5 Å². The van der Waals surface area contributed by atoms with Gasteiger partial charge in [0.1, 0.15) is 12.4 Å². The fourth-order valence-electron chi connectivity index (χ4n) is 3.14. The number of thioether (sulfide) groups is 1. The number of benzene rings is 1. The fourth-order valence-corrected chi connectivity index (χ4v) is 4.56. The number of carbonyl (C=O) groups excluding carboxylic acids is 3. The number of hydrogen-bond acceptors (Lipinski definition) is 9. The van der Waals surface area contributed by atoms with Crippen LogP contribution in [-0.2, 0) is 24.8 Å². The Labute approximate surface area is 199 Å². The molecule has 1 aliphatic heterocycles. The summed E-state index contributed by atoms with van der Waals surface area (Å²) in [6.07, 6.45) is 0. The standard InChI is InChI=1S/C22H25N3O6S2/c1-4-30-21(27)19-17(9-31-18(26)12-32-10-15-11-33-13(2)23-15)24-22(28)25-20(19)14-5-7-16(29-3)8-6-14/h5-8,11,20H,4,9-10,12H2,1-3H3,(H2,24,25,28)/t20-/m0/s1. The maximum absolute atomic E-state index is 12.8. The number of ether oxygens (including phenoxy) is 3. The van der Waals surface area contributed by atoms with Crippen LogP contribution in [0.5, 0.6) is 5.75 Å². The van der Waals surface area contributed by atoms with Crippen LogP contribution in [0.3, 0.4) is 0 Å². The molecule has 0 saturated heterocycles. The highest BCUT2D eigenvalue weighted by atomic mass is 32.2. The van der Waals surface area contributed by atoms with Gasteiger partial charge in [0.25, 0.3) is 0 Å². The maximum Gasteiger partial charge on any atom is 0.338 e. The lowest BCUT2D eigenvalue weighted by Gasteiger charge is -2.29. The van der Waals surface area contributed by atoms with Crippen LogP contribution in [0.25, 0.3) is 0 Å². The zero-order valence-electron chi connectivity index (χ0n) is 18.5. The molecule has 176 valence electrons. The van der Waals surface area contributed by atoms with E-state index in [2.05, 4.69) is 15.6 Å². The van der Waals surface area contributed by atoms with Gasteiger partial charge in [-0.25, -0.2) is 14.6 Å². The molecule has 0 aliphatic carbocycles. The van der Waals surface area contributed by atoms with Gasteiger partial charge >= 0.3 is 18.0 Å². The van der Waals surface area contributed by atoms with E-state index in [9.17, 15) is 14.4 Å². The fraction of sp³-hybridized carbons (Fsp3) is 0.364. The van der Waals surface area contributed by atoms with Gasteiger partial charge in [0.2, 0.25) is 0 Å². The number of carbonyl (C=O) groups is 3. The first-order valence-electron chi connectivity index (χ1n) is 10.2. The molecule has 2 heterocycles. The molecular weight excluding hydrogens is 466 g/mol. The summed E-state index contributed by atoms with van der Waals surface area (Å²) in [5, 5.41) is 8.24. The number of thiazole rings is 1. The summed E-state index contributed by atoms with van der Waals surface area (Å²) < 4.78 is 15.7. The molecular formula is C22H25N3O6S2. The van der Waals surface area contributed by atoms with Crippen molar-refractivity contribution in [1.29, 1.82) is 0 Å². The molecule has 0 radical (unpaired) electrons. The summed E-state index contributed by atoms with van der Waals surface area (Å²) in [5.41, 5.74) is 1.94. The number of hydrogen-bond donors (Lipinski definition) is 2. The molecule has 33 heavy (non-hydrogen) atoms. The van der Waals surface area contributed by atoms with Crippen LogP contribution in [-0.4, -0.2) is 49.0 Å². The summed E-state index contributed by atoms with van der Waals surface area (Å²) >= 11 is 2.94. The highest BCUT2D eigenvalue weighted by molar-refractivity contribution is 7.99. The summed E-state index contributed by atoms with van der Waals surface area (Å²) in [4.78, 5) is 41.6. The number of rotatable bonds is 10. The van der Waals surface area contributed by atoms with Crippen LogP contribution in [0, 0.1) is 6.92 Å². The molecule has 0 unspecified atom stereocenters. The van der Waals surface area contributed by atoms with E-state index in [0.29, 0.717) is 17.1 Å². The van der Waals surface area contributed by atoms with E-state index in [4.69, 9.17) is 14.2 Å². The summed E-state index contributed by atoms with van der Waals surface area (Å²) in [6, 6.07) is 5.67. The van der Waals surface area contributed by atoms with Gasteiger partial charge < -0.3 is 24.8 Å². The molecule has 2 N–H and O–H groups in total. The van der Waals surface area contributed by atoms with E-state index in [1.54, 1.807) is 49.6 Å². The second kappa shape index (κ2) is 11.7. The Morgan fingerprint density at radius 2 is 1.97 bits per heavy atom. The van der Waals surface area contributed by atoms with E-state index in [1.807, 2.05) is 12.3 Å². The van der Waals surface area contributed by atoms with Crippen molar-refractivity contribution in [3.8, 4) is 5.75 Å². The second-order valence-electron chi connectivity index (χ2n) is 6.93. The van der Waals surface area contributed by atoms with Crippen LogP contribution in [0.4, 0.5) is 4.79 Å². The number of aromatic nitrogens is 1. The Morgan fingerprint density at radius 1 is 1.21 bits per heavy atom. The number of methoxy groups -OCH3 is 1. The Hall–Kier alpha value is -3.05. The van der Waals surface area contributed by atoms with Crippen molar-refractivity contribution in [2.24, 2.45) is 0 Å². The van der Waals surface area contributed by atoms with E-state index in [-0.39, 0.29) is 30.2 Å². The lowest BCUT2D eigenvalue weighted by Crippen LogP contribution is -2.47. The normalized spacial score (nSPS) is 15.5. The van der Waals surface area contributed by atoms with Crippen LogP contribution < -0.4 is 15.4 Å². The number of amides is 2. The van der Waals surface area contributed by atoms with Crippen LogP contribution in [0.15, 0.2) is 40.9 Å². The van der Waals surface area contributed by atoms with Crippen LogP contribution in [0.1, 0.15) is 29.2 Å². The molecule has 0 bridgehead atoms.